The van der Waals surface area contributed by atoms with E-state index in [-0.39, 0.29) is 29.5 Å². The average molecular weight is 627 g/mol. The number of fused-ring (bicyclic) bond motifs is 3. The van der Waals surface area contributed by atoms with Crippen molar-refractivity contribution in [3.63, 3.8) is 0 Å². The first-order valence-corrected chi connectivity index (χ1v) is 15.8. The number of halogens is 2. The van der Waals surface area contributed by atoms with Crippen LogP contribution < -0.4 is 0 Å². The predicted molar refractivity (Wildman–Crippen MR) is 159 cm³/mol. The monoisotopic (exact) mass is 626 g/mol. The number of ether oxygens (including phenoxy) is 2. The maximum Gasteiger partial charge on any atom is 0.335 e. The highest BCUT2D eigenvalue weighted by atomic mass is 35.5. The zero-order chi connectivity index (χ0) is 30.1. The predicted octanol–water partition coefficient (Wildman–Crippen LogP) is 7.24. The summed E-state index contributed by atoms with van der Waals surface area (Å²) in [5, 5.41) is 27.1. The summed E-state index contributed by atoms with van der Waals surface area (Å²) in [6.07, 6.45) is 4.66. The number of nitrogens with zero attached hydrogens (tertiary/aromatic N) is 2. The van der Waals surface area contributed by atoms with Crippen LogP contribution in [0.1, 0.15) is 76.7 Å². The van der Waals surface area contributed by atoms with Gasteiger partial charge >= 0.3 is 5.97 Å². The molecule has 8 nitrogen and oxygen atoms in total. The molecule has 3 aliphatic carbocycles. The maximum atomic E-state index is 14.8. The Hall–Kier alpha value is -2.89. The average Bonchev–Trinajstić information content (AvgIpc) is 3.53. The molecule has 0 saturated heterocycles. The minimum atomic E-state index is -1.27. The molecular weight excluding hydrogens is 595 g/mol. The van der Waals surface area contributed by atoms with Crippen molar-refractivity contribution in [3.05, 3.63) is 68.6 Å². The number of carboxylic acid groups (broad SMARTS) is 1. The fourth-order valence-corrected chi connectivity index (χ4v) is 8.91. The second-order valence-electron chi connectivity index (χ2n) is 12.3. The lowest BCUT2D eigenvalue weighted by atomic mass is 9.68. The van der Waals surface area contributed by atoms with Crippen molar-refractivity contribution in [1.82, 2.24) is 10.1 Å². The molecule has 3 aliphatic rings. The molecule has 0 amide bonds. The van der Waals surface area contributed by atoms with E-state index in [9.17, 15) is 19.4 Å². The van der Waals surface area contributed by atoms with Gasteiger partial charge in [0.05, 0.1) is 34.1 Å². The molecule has 0 aliphatic heterocycles. The van der Waals surface area contributed by atoms with Gasteiger partial charge in [-0.15, -0.1) is 11.3 Å². The summed E-state index contributed by atoms with van der Waals surface area (Å²) in [5.74, 6) is -1.14. The first-order valence-electron chi connectivity index (χ1n) is 14.6. The van der Waals surface area contributed by atoms with Crippen LogP contribution in [0.25, 0.3) is 21.5 Å². The standard InChI is InChI=1S/C32H32ClFN2O6S/c1-16-4-3-5-22(33)25(16)26-21(28(42-36-26)17-6-7-17)14-41-31(15-40-2)12-19-8-9-20(13-31)32(19,39)30-35-27-23(34)10-18(29(37)38)11-24(27)43-30/h3-5,10-11,17,19-20,39H,6-9,12-15H2,1-2H3,(H,37,38)/t19-,20+,31?,32?. The number of aryl methyl sites for hydroxylation is 1. The molecule has 3 fully saturated rings. The number of hydrogen-bond donors (Lipinski definition) is 2. The van der Waals surface area contributed by atoms with Crippen molar-refractivity contribution >= 4 is 39.1 Å². The molecule has 0 radical (unpaired) electrons. The number of carboxylic acids is 1. The lowest BCUT2D eigenvalue weighted by Crippen LogP contribution is -2.52. The first-order chi connectivity index (χ1) is 20.6. The normalized spacial score (nSPS) is 26.8. The van der Waals surface area contributed by atoms with Crippen LogP contribution in [0, 0.1) is 24.6 Å². The number of rotatable bonds is 9. The molecule has 4 aromatic rings. The second-order valence-corrected chi connectivity index (χ2v) is 13.8. The molecule has 2 heterocycles. The summed E-state index contributed by atoms with van der Waals surface area (Å²) in [4.78, 5) is 16.0. The molecule has 2 bridgehead atoms. The third kappa shape index (κ3) is 4.78. The SMILES string of the molecule is COCC1(OCc2c(-c3c(C)cccc3Cl)noc2C2CC2)C[C@H]2CC[C@@H](C1)C2(O)c1nc2c(F)cc(C(=O)O)cc2s1. The van der Waals surface area contributed by atoms with E-state index in [1.165, 1.54) is 17.4 Å². The van der Waals surface area contributed by atoms with Gasteiger partial charge in [-0.05, 0) is 81.0 Å². The number of aromatic nitrogens is 2. The molecule has 11 heteroatoms. The highest BCUT2D eigenvalue weighted by Gasteiger charge is 2.60. The minimum Gasteiger partial charge on any atom is -0.478 e. The van der Waals surface area contributed by atoms with Crippen LogP contribution in [0.3, 0.4) is 0 Å². The van der Waals surface area contributed by atoms with E-state index in [1.54, 1.807) is 7.11 Å². The van der Waals surface area contributed by atoms with Crippen LogP contribution in [0.15, 0.2) is 34.9 Å². The highest BCUT2D eigenvalue weighted by Crippen LogP contribution is 2.60. The summed E-state index contributed by atoms with van der Waals surface area (Å²) in [7, 11) is 1.65. The molecule has 226 valence electrons. The fraction of sp³-hybridized carbons (Fsp3) is 0.469. The van der Waals surface area contributed by atoms with Crippen molar-refractivity contribution in [2.75, 3.05) is 13.7 Å². The lowest BCUT2D eigenvalue weighted by molar-refractivity contribution is -0.183. The zero-order valence-corrected chi connectivity index (χ0v) is 25.4. The van der Waals surface area contributed by atoms with Gasteiger partial charge in [-0.2, -0.15) is 0 Å². The number of thiazole rings is 1. The van der Waals surface area contributed by atoms with E-state index in [0.29, 0.717) is 45.8 Å². The molecule has 2 aromatic carbocycles. The van der Waals surface area contributed by atoms with Crippen molar-refractivity contribution in [1.29, 1.82) is 0 Å². The Morgan fingerprint density at radius 2 is 1.95 bits per heavy atom. The summed E-state index contributed by atoms with van der Waals surface area (Å²) >= 11 is 7.80. The van der Waals surface area contributed by atoms with E-state index < -0.39 is 23.0 Å². The largest absolute Gasteiger partial charge is 0.478 e. The van der Waals surface area contributed by atoms with E-state index in [0.717, 1.165) is 54.2 Å². The first kappa shape index (κ1) is 28.9. The van der Waals surface area contributed by atoms with E-state index >= 15 is 0 Å². The third-order valence-electron chi connectivity index (χ3n) is 9.54. The molecule has 2 unspecified atom stereocenters. The zero-order valence-electron chi connectivity index (χ0n) is 23.9. The van der Waals surface area contributed by atoms with Crippen LogP contribution in [-0.2, 0) is 21.7 Å². The van der Waals surface area contributed by atoms with Crippen LogP contribution in [0.2, 0.25) is 5.02 Å². The van der Waals surface area contributed by atoms with E-state index in [4.69, 9.17) is 25.6 Å². The van der Waals surface area contributed by atoms with Gasteiger partial charge in [0.15, 0.2) is 5.82 Å². The minimum absolute atomic E-state index is 0.0882. The Balaban J connectivity index is 1.20. The van der Waals surface area contributed by atoms with Gasteiger partial charge < -0.3 is 24.2 Å². The van der Waals surface area contributed by atoms with Crippen molar-refractivity contribution < 1.29 is 33.4 Å². The van der Waals surface area contributed by atoms with Gasteiger partial charge in [-0.25, -0.2) is 14.2 Å². The molecule has 43 heavy (non-hydrogen) atoms. The lowest BCUT2D eigenvalue weighted by Gasteiger charge is -2.47. The number of aliphatic hydroxyl groups is 1. The van der Waals surface area contributed by atoms with Gasteiger partial charge in [0.1, 0.15) is 27.6 Å². The molecule has 4 atom stereocenters. The summed E-state index contributed by atoms with van der Waals surface area (Å²) in [6.45, 7) is 2.61. The van der Waals surface area contributed by atoms with Crippen molar-refractivity contribution in [3.8, 4) is 11.3 Å². The van der Waals surface area contributed by atoms with Gasteiger partial charge in [0, 0.05) is 24.2 Å². The Bertz CT molecular complexity index is 1700. The summed E-state index contributed by atoms with van der Waals surface area (Å²) in [6, 6.07) is 8.16. The molecule has 2 aromatic heterocycles. The number of aromatic carboxylic acids is 1. The number of benzene rings is 2. The van der Waals surface area contributed by atoms with Crippen LogP contribution in [0.4, 0.5) is 4.39 Å². The quantitative estimate of drug-likeness (QED) is 0.200. The van der Waals surface area contributed by atoms with Crippen LogP contribution in [-0.4, -0.2) is 45.6 Å². The number of methoxy groups -OCH3 is 1. The molecular formula is C32H32ClFN2O6S. The Labute approximate surface area is 256 Å². The highest BCUT2D eigenvalue weighted by molar-refractivity contribution is 7.18. The number of carbonyl (C=O) groups is 1. The second kappa shape index (κ2) is 10.6. The molecule has 2 N–H and O–H groups in total. The Kier molecular flexibility index (Phi) is 7.13. The summed E-state index contributed by atoms with van der Waals surface area (Å²) in [5.41, 5.74) is 1.45. The molecule has 7 rings (SSSR count). The van der Waals surface area contributed by atoms with Gasteiger partial charge in [0.25, 0.3) is 0 Å². The molecule has 3 saturated carbocycles. The van der Waals surface area contributed by atoms with E-state index in [2.05, 4.69) is 10.1 Å². The van der Waals surface area contributed by atoms with Gasteiger partial charge in [-0.1, -0.05) is 28.9 Å². The van der Waals surface area contributed by atoms with Crippen LogP contribution in [0.5, 0.6) is 0 Å². The Morgan fingerprint density at radius 1 is 1.21 bits per heavy atom. The third-order valence-corrected chi connectivity index (χ3v) is 11.0. The number of hydrogen-bond acceptors (Lipinski definition) is 8. The van der Waals surface area contributed by atoms with Gasteiger partial charge in [-0.3, -0.25) is 0 Å². The summed E-state index contributed by atoms with van der Waals surface area (Å²) < 4.78 is 33.7. The maximum absolute atomic E-state index is 14.8. The van der Waals surface area contributed by atoms with Crippen LogP contribution >= 0.6 is 22.9 Å². The van der Waals surface area contributed by atoms with Crippen molar-refractivity contribution in [2.24, 2.45) is 11.8 Å². The smallest absolute Gasteiger partial charge is 0.335 e. The Morgan fingerprint density at radius 3 is 2.60 bits per heavy atom. The molecule has 0 spiro atoms. The van der Waals surface area contributed by atoms with Crippen molar-refractivity contribution in [2.45, 2.75) is 69.2 Å². The van der Waals surface area contributed by atoms with Gasteiger partial charge in [0.2, 0.25) is 0 Å². The fourth-order valence-electron chi connectivity index (χ4n) is 7.33. The van der Waals surface area contributed by atoms with E-state index in [1.807, 2.05) is 25.1 Å². The topological polar surface area (TPSA) is 115 Å².